The first kappa shape index (κ1) is 17.0. The van der Waals surface area contributed by atoms with Crippen molar-refractivity contribution in [3.05, 3.63) is 23.3 Å². The van der Waals surface area contributed by atoms with Gasteiger partial charge in [0.25, 0.3) is 0 Å². The molecule has 1 aromatic rings. The second-order valence-corrected chi connectivity index (χ2v) is 8.01. The molecule has 1 N–H and O–H groups in total. The highest BCUT2D eigenvalue weighted by Gasteiger charge is 2.28. The molecule has 1 saturated heterocycles. The molecule has 3 heterocycles. The third kappa shape index (κ3) is 4.02. The largest absolute Gasteiger partial charge is 0.342 e. The molecular weight excluding hydrogens is 312 g/mol. The van der Waals surface area contributed by atoms with Gasteiger partial charge in [0, 0.05) is 62.4 Å². The van der Waals surface area contributed by atoms with Gasteiger partial charge in [-0.3, -0.25) is 4.79 Å². The van der Waals surface area contributed by atoms with Crippen LogP contribution in [0.25, 0.3) is 0 Å². The van der Waals surface area contributed by atoms with E-state index in [1.54, 1.807) is 0 Å². The molecule has 0 bridgehead atoms. The number of carbonyl (C=O) groups excluding carboxylic acids is 1. The van der Waals surface area contributed by atoms with Crippen LogP contribution in [0.4, 0.5) is 0 Å². The van der Waals surface area contributed by atoms with E-state index in [4.69, 9.17) is 4.98 Å². The van der Waals surface area contributed by atoms with Crippen molar-refractivity contribution in [3.8, 4) is 0 Å². The molecule has 1 saturated carbocycles. The molecule has 4 rings (SSSR count). The van der Waals surface area contributed by atoms with E-state index >= 15 is 0 Å². The molecule has 5 nitrogen and oxygen atoms in total. The maximum absolute atomic E-state index is 12.8. The minimum Gasteiger partial charge on any atom is -0.342 e. The Labute approximate surface area is 150 Å². The van der Waals surface area contributed by atoms with Crippen LogP contribution in [0.3, 0.4) is 0 Å². The SMILES string of the molecule is O=C(CC1CCCCC1)N1CCC[C@@H](c2ncc3c(n2)CCNC3)C1. The Morgan fingerprint density at radius 2 is 2.08 bits per heavy atom. The van der Waals surface area contributed by atoms with Crippen LogP contribution in [0, 0.1) is 5.92 Å². The maximum atomic E-state index is 12.8. The Hall–Kier alpha value is -1.49. The fraction of sp³-hybridized carbons (Fsp3) is 0.750. The Bertz CT molecular complexity index is 612. The third-order valence-corrected chi connectivity index (χ3v) is 6.15. The number of carbonyl (C=O) groups is 1. The van der Waals surface area contributed by atoms with Crippen molar-refractivity contribution < 1.29 is 4.79 Å². The van der Waals surface area contributed by atoms with Gasteiger partial charge in [0.1, 0.15) is 5.82 Å². The molecule has 1 aromatic heterocycles. The van der Waals surface area contributed by atoms with Gasteiger partial charge in [0.15, 0.2) is 0 Å². The lowest BCUT2D eigenvalue weighted by molar-refractivity contribution is -0.133. The van der Waals surface area contributed by atoms with Crippen LogP contribution >= 0.6 is 0 Å². The highest BCUT2D eigenvalue weighted by molar-refractivity contribution is 5.76. The van der Waals surface area contributed by atoms with E-state index < -0.39 is 0 Å². The Morgan fingerprint density at radius 1 is 1.20 bits per heavy atom. The molecule has 0 aromatic carbocycles. The molecule has 1 aliphatic carbocycles. The molecule has 0 spiro atoms. The smallest absolute Gasteiger partial charge is 0.222 e. The van der Waals surface area contributed by atoms with Gasteiger partial charge in [0.2, 0.25) is 5.91 Å². The highest BCUT2D eigenvalue weighted by atomic mass is 16.2. The van der Waals surface area contributed by atoms with Gasteiger partial charge in [-0.15, -0.1) is 0 Å². The van der Waals surface area contributed by atoms with E-state index in [1.807, 2.05) is 6.20 Å². The molecule has 2 aliphatic heterocycles. The summed E-state index contributed by atoms with van der Waals surface area (Å²) in [6.07, 6.45) is 12.3. The lowest BCUT2D eigenvalue weighted by Crippen LogP contribution is -2.40. The van der Waals surface area contributed by atoms with Gasteiger partial charge >= 0.3 is 0 Å². The molecule has 1 atom stereocenters. The Balaban J connectivity index is 1.39. The van der Waals surface area contributed by atoms with Gasteiger partial charge < -0.3 is 10.2 Å². The van der Waals surface area contributed by atoms with Crippen LogP contribution in [0.15, 0.2) is 6.20 Å². The van der Waals surface area contributed by atoms with E-state index in [0.29, 0.717) is 17.7 Å². The van der Waals surface area contributed by atoms with Crippen molar-refractivity contribution in [1.82, 2.24) is 20.2 Å². The number of hydrogen-bond donors (Lipinski definition) is 1. The molecule has 3 aliphatic rings. The number of fused-ring (bicyclic) bond motifs is 1. The molecule has 2 fully saturated rings. The molecule has 1 amide bonds. The summed E-state index contributed by atoms with van der Waals surface area (Å²) in [7, 11) is 0. The van der Waals surface area contributed by atoms with Gasteiger partial charge in [-0.05, 0) is 31.6 Å². The van der Waals surface area contributed by atoms with Crippen LogP contribution in [-0.4, -0.2) is 40.4 Å². The highest BCUT2D eigenvalue weighted by Crippen LogP contribution is 2.29. The normalized spacial score (nSPS) is 24.8. The van der Waals surface area contributed by atoms with Crippen LogP contribution < -0.4 is 5.32 Å². The minimum atomic E-state index is 0.309. The molecular formula is C20H30N4O. The summed E-state index contributed by atoms with van der Waals surface area (Å²) in [5, 5.41) is 3.37. The average molecular weight is 342 g/mol. The maximum Gasteiger partial charge on any atom is 0.222 e. The first-order chi connectivity index (χ1) is 12.3. The van der Waals surface area contributed by atoms with E-state index in [0.717, 1.165) is 57.7 Å². The molecule has 5 heteroatoms. The first-order valence-electron chi connectivity index (χ1n) is 10.1. The summed E-state index contributed by atoms with van der Waals surface area (Å²) in [5.41, 5.74) is 2.44. The number of rotatable bonds is 3. The van der Waals surface area contributed by atoms with Crippen molar-refractivity contribution >= 4 is 5.91 Å². The van der Waals surface area contributed by atoms with E-state index in [-0.39, 0.29) is 0 Å². The van der Waals surface area contributed by atoms with Gasteiger partial charge in [-0.25, -0.2) is 9.97 Å². The summed E-state index contributed by atoms with van der Waals surface area (Å²) < 4.78 is 0. The van der Waals surface area contributed by atoms with Crippen molar-refractivity contribution in [2.75, 3.05) is 19.6 Å². The molecule has 0 unspecified atom stereocenters. The van der Waals surface area contributed by atoms with Crippen LogP contribution in [0.1, 0.15) is 74.4 Å². The summed E-state index contributed by atoms with van der Waals surface area (Å²) >= 11 is 0. The Kier molecular flexibility index (Phi) is 5.30. The van der Waals surface area contributed by atoms with E-state index in [2.05, 4.69) is 15.2 Å². The predicted octanol–water partition coefficient (Wildman–Crippen LogP) is 2.80. The number of hydrogen-bond acceptors (Lipinski definition) is 4. The fourth-order valence-electron chi connectivity index (χ4n) is 4.63. The van der Waals surface area contributed by atoms with Crippen LogP contribution in [-0.2, 0) is 17.8 Å². The summed E-state index contributed by atoms with van der Waals surface area (Å²) in [6, 6.07) is 0. The number of likely N-dealkylation sites (tertiary alicyclic amines) is 1. The summed E-state index contributed by atoms with van der Waals surface area (Å²) in [6.45, 7) is 3.60. The van der Waals surface area contributed by atoms with E-state index in [1.165, 1.54) is 43.4 Å². The van der Waals surface area contributed by atoms with Crippen LogP contribution in [0.5, 0.6) is 0 Å². The second-order valence-electron chi connectivity index (χ2n) is 8.01. The van der Waals surface area contributed by atoms with E-state index in [9.17, 15) is 4.79 Å². The third-order valence-electron chi connectivity index (χ3n) is 6.15. The lowest BCUT2D eigenvalue weighted by atomic mass is 9.86. The quantitative estimate of drug-likeness (QED) is 0.918. The molecule has 136 valence electrons. The minimum absolute atomic E-state index is 0.309. The molecule has 0 radical (unpaired) electrons. The van der Waals surface area contributed by atoms with Crippen molar-refractivity contribution in [1.29, 1.82) is 0 Å². The number of amides is 1. The van der Waals surface area contributed by atoms with Crippen molar-refractivity contribution in [2.45, 2.75) is 70.3 Å². The van der Waals surface area contributed by atoms with Crippen molar-refractivity contribution in [2.24, 2.45) is 5.92 Å². The number of nitrogens with zero attached hydrogens (tertiary/aromatic N) is 3. The topological polar surface area (TPSA) is 58.1 Å². The monoisotopic (exact) mass is 342 g/mol. The fourth-order valence-corrected chi connectivity index (χ4v) is 4.63. The summed E-state index contributed by atoms with van der Waals surface area (Å²) in [4.78, 5) is 24.3. The zero-order chi connectivity index (χ0) is 17.1. The van der Waals surface area contributed by atoms with Gasteiger partial charge in [-0.1, -0.05) is 19.3 Å². The predicted molar refractivity (Wildman–Crippen MR) is 97.2 cm³/mol. The number of aromatic nitrogens is 2. The number of nitrogens with one attached hydrogen (secondary N) is 1. The van der Waals surface area contributed by atoms with Gasteiger partial charge in [-0.2, -0.15) is 0 Å². The second kappa shape index (κ2) is 7.81. The lowest BCUT2D eigenvalue weighted by Gasteiger charge is -2.34. The zero-order valence-electron chi connectivity index (χ0n) is 15.2. The van der Waals surface area contributed by atoms with Gasteiger partial charge in [0.05, 0.1) is 0 Å². The molecule has 25 heavy (non-hydrogen) atoms. The van der Waals surface area contributed by atoms with Crippen LogP contribution in [0.2, 0.25) is 0 Å². The summed E-state index contributed by atoms with van der Waals surface area (Å²) in [5.74, 6) is 2.24. The first-order valence-corrected chi connectivity index (χ1v) is 10.1. The number of piperidine rings is 1. The zero-order valence-corrected chi connectivity index (χ0v) is 15.2. The standard InChI is InChI=1S/C20H30N4O/c25-19(11-15-5-2-1-3-6-15)24-10-4-7-16(14-24)20-22-13-17-12-21-9-8-18(17)23-20/h13,15-16,21H,1-12,14H2/t16-/m1/s1. The van der Waals surface area contributed by atoms with Crippen molar-refractivity contribution in [3.63, 3.8) is 0 Å². The Morgan fingerprint density at radius 3 is 2.96 bits per heavy atom. The average Bonchev–Trinajstić information content (AvgIpc) is 2.68.